The molecule has 1 aliphatic rings. The number of hydrogen-bond donors (Lipinski definition) is 0. The van der Waals surface area contributed by atoms with E-state index in [0.29, 0.717) is 13.1 Å². The molecule has 2 atom stereocenters. The van der Waals surface area contributed by atoms with Crippen LogP contribution in [0, 0.1) is 5.92 Å². The highest BCUT2D eigenvalue weighted by Crippen LogP contribution is 2.34. The standard InChI is InChI=1S/C17H23NO4/c1-17(2,3)22-16(20)18-10-13(12-8-6-5-7-9-12)14(11-18)15(19)21-4/h5-9,13-14H,10-11H2,1-4H3. The minimum Gasteiger partial charge on any atom is -0.469 e. The Hall–Kier alpha value is -2.04. The van der Waals surface area contributed by atoms with E-state index in [4.69, 9.17) is 9.47 Å². The zero-order chi connectivity index (χ0) is 16.3. The van der Waals surface area contributed by atoms with Crippen LogP contribution in [-0.2, 0) is 14.3 Å². The fourth-order valence-corrected chi connectivity index (χ4v) is 2.71. The topological polar surface area (TPSA) is 55.8 Å². The SMILES string of the molecule is COC(=O)C1CN(C(=O)OC(C)(C)C)CC1c1ccccc1. The molecule has 1 aliphatic heterocycles. The second-order valence-corrected chi connectivity index (χ2v) is 6.53. The van der Waals surface area contributed by atoms with E-state index in [1.807, 2.05) is 51.1 Å². The van der Waals surface area contributed by atoms with Crippen molar-refractivity contribution in [3.8, 4) is 0 Å². The maximum atomic E-state index is 12.2. The van der Waals surface area contributed by atoms with Crippen LogP contribution in [-0.4, -0.2) is 42.8 Å². The highest BCUT2D eigenvalue weighted by molar-refractivity contribution is 5.77. The minimum atomic E-state index is -0.553. The molecular weight excluding hydrogens is 282 g/mol. The Morgan fingerprint density at radius 2 is 1.77 bits per heavy atom. The molecular formula is C17H23NO4. The van der Waals surface area contributed by atoms with Crippen molar-refractivity contribution in [2.45, 2.75) is 32.3 Å². The molecule has 120 valence electrons. The first-order valence-corrected chi connectivity index (χ1v) is 7.42. The van der Waals surface area contributed by atoms with Crippen molar-refractivity contribution in [2.24, 2.45) is 5.92 Å². The number of benzene rings is 1. The average molecular weight is 305 g/mol. The van der Waals surface area contributed by atoms with Crippen LogP contribution in [0.5, 0.6) is 0 Å². The molecule has 2 unspecified atom stereocenters. The van der Waals surface area contributed by atoms with Gasteiger partial charge in [-0.25, -0.2) is 4.79 Å². The summed E-state index contributed by atoms with van der Waals surface area (Å²) in [6.45, 7) is 6.26. The van der Waals surface area contributed by atoms with Crippen LogP contribution < -0.4 is 0 Å². The van der Waals surface area contributed by atoms with E-state index in [0.717, 1.165) is 5.56 Å². The molecule has 5 heteroatoms. The van der Waals surface area contributed by atoms with Gasteiger partial charge in [0.1, 0.15) is 5.60 Å². The quantitative estimate of drug-likeness (QED) is 0.788. The summed E-state index contributed by atoms with van der Waals surface area (Å²) >= 11 is 0. The Morgan fingerprint density at radius 1 is 1.14 bits per heavy atom. The van der Waals surface area contributed by atoms with Crippen LogP contribution in [0.3, 0.4) is 0 Å². The number of likely N-dealkylation sites (tertiary alicyclic amines) is 1. The van der Waals surface area contributed by atoms with Crippen molar-refractivity contribution in [2.75, 3.05) is 20.2 Å². The number of ether oxygens (including phenoxy) is 2. The summed E-state index contributed by atoms with van der Waals surface area (Å²) in [5, 5.41) is 0. The highest BCUT2D eigenvalue weighted by atomic mass is 16.6. The lowest BCUT2D eigenvalue weighted by atomic mass is 9.89. The average Bonchev–Trinajstić information content (AvgIpc) is 2.91. The van der Waals surface area contributed by atoms with Gasteiger partial charge in [0.2, 0.25) is 0 Å². The molecule has 1 fully saturated rings. The van der Waals surface area contributed by atoms with E-state index in [-0.39, 0.29) is 23.9 Å². The number of carbonyl (C=O) groups is 2. The van der Waals surface area contributed by atoms with E-state index in [2.05, 4.69) is 0 Å². The second-order valence-electron chi connectivity index (χ2n) is 6.53. The molecule has 0 N–H and O–H groups in total. The number of methoxy groups -OCH3 is 1. The lowest BCUT2D eigenvalue weighted by molar-refractivity contribution is -0.145. The summed E-state index contributed by atoms with van der Waals surface area (Å²) in [6, 6.07) is 9.73. The third kappa shape index (κ3) is 3.78. The van der Waals surface area contributed by atoms with E-state index < -0.39 is 5.60 Å². The van der Waals surface area contributed by atoms with Crippen LogP contribution in [0.2, 0.25) is 0 Å². The van der Waals surface area contributed by atoms with Crippen LogP contribution in [0.15, 0.2) is 30.3 Å². The first kappa shape index (κ1) is 16.3. The normalized spacial score (nSPS) is 21.5. The van der Waals surface area contributed by atoms with Gasteiger partial charge in [0.25, 0.3) is 0 Å². The van der Waals surface area contributed by atoms with Crippen LogP contribution in [0.25, 0.3) is 0 Å². The first-order valence-electron chi connectivity index (χ1n) is 7.42. The smallest absolute Gasteiger partial charge is 0.410 e. The monoisotopic (exact) mass is 305 g/mol. The lowest BCUT2D eigenvalue weighted by Crippen LogP contribution is -2.36. The number of hydrogen-bond acceptors (Lipinski definition) is 4. The van der Waals surface area contributed by atoms with Crippen LogP contribution in [0.1, 0.15) is 32.3 Å². The molecule has 0 aromatic heterocycles. The van der Waals surface area contributed by atoms with Gasteiger partial charge < -0.3 is 14.4 Å². The Labute approximate surface area is 131 Å². The van der Waals surface area contributed by atoms with Gasteiger partial charge in [-0.2, -0.15) is 0 Å². The zero-order valence-corrected chi connectivity index (χ0v) is 13.5. The van der Waals surface area contributed by atoms with E-state index in [1.54, 1.807) is 4.90 Å². The summed E-state index contributed by atoms with van der Waals surface area (Å²) in [5.41, 5.74) is 0.479. The summed E-state index contributed by atoms with van der Waals surface area (Å²) < 4.78 is 10.3. The third-order valence-electron chi connectivity index (χ3n) is 3.70. The molecule has 5 nitrogen and oxygen atoms in total. The number of nitrogens with zero attached hydrogens (tertiary/aromatic N) is 1. The van der Waals surface area contributed by atoms with Gasteiger partial charge in [-0.15, -0.1) is 0 Å². The Bertz CT molecular complexity index is 535. The number of esters is 1. The van der Waals surface area contributed by atoms with Gasteiger partial charge >= 0.3 is 12.1 Å². The molecule has 1 amide bonds. The van der Waals surface area contributed by atoms with Crippen molar-refractivity contribution in [3.63, 3.8) is 0 Å². The van der Waals surface area contributed by atoms with Gasteiger partial charge in [-0.3, -0.25) is 4.79 Å². The fourth-order valence-electron chi connectivity index (χ4n) is 2.71. The number of rotatable bonds is 2. The molecule has 0 saturated carbocycles. The highest BCUT2D eigenvalue weighted by Gasteiger charge is 2.42. The Balaban J connectivity index is 2.18. The van der Waals surface area contributed by atoms with Gasteiger partial charge in [0.05, 0.1) is 13.0 Å². The molecule has 1 aromatic rings. The molecule has 0 spiro atoms. The van der Waals surface area contributed by atoms with Crippen LogP contribution >= 0.6 is 0 Å². The fraction of sp³-hybridized carbons (Fsp3) is 0.529. The largest absolute Gasteiger partial charge is 0.469 e. The van der Waals surface area contributed by atoms with Gasteiger partial charge in [-0.05, 0) is 26.3 Å². The summed E-state index contributed by atoms with van der Waals surface area (Å²) in [7, 11) is 1.38. The van der Waals surface area contributed by atoms with Gasteiger partial charge in [0.15, 0.2) is 0 Å². The summed E-state index contributed by atoms with van der Waals surface area (Å²) in [5.74, 6) is -0.721. The maximum Gasteiger partial charge on any atom is 0.410 e. The first-order chi connectivity index (χ1) is 10.3. The zero-order valence-electron chi connectivity index (χ0n) is 13.5. The number of carbonyl (C=O) groups excluding carboxylic acids is 2. The van der Waals surface area contributed by atoms with Gasteiger partial charge in [-0.1, -0.05) is 30.3 Å². The molecule has 1 aromatic carbocycles. The Morgan fingerprint density at radius 3 is 2.32 bits per heavy atom. The van der Waals surface area contributed by atoms with Crippen molar-refractivity contribution in [1.82, 2.24) is 4.90 Å². The summed E-state index contributed by atoms with van der Waals surface area (Å²) in [4.78, 5) is 25.9. The predicted octanol–water partition coefficient (Wildman–Crippen LogP) is 2.81. The van der Waals surface area contributed by atoms with Crippen molar-refractivity contribution in [3.05, 3.63) is 35.9 Å². The molecule has 0 radical (unpaired) electrons. The Kier molecular flexibility index (Phi) is 4.74. The van der Waals surface area contributed by atoms with Crippen LogP contribution in [0.4, 0.5) is 4.79 Å². The predicted molar refractivity (Wildman–Crippen MR) is 82.5 cm³/mol. The lowest BCUT2D eigenvalue weighted by Gasteiger charge is -2.24. The molecule has 1 heterocycles. The molecule has 2 rings (SSSR count). The summed E-state index contributed by atoms with van der Waals surface area (Å²) in [6.07, 6.45) is -0.389. The van der Waals surface area contributed by atoms with Crippen molar-refractivity contribution in [1.29, 1.82) is 0 Å². The van der Waals surface area contributed by atoms with Crippen molar-refractivity contribution < 1.29 is 19.1 Å². The molecule has 0 aliphatic carbocycles. The third-order valence-corrected chi connectivity index (χ3v) is 3.70. The number of amides is 1. The second kappa shape index (κ2) is 6.38. The van der Waals surface area contributed by atoms with E-state index >= 15 is 0 Å². The molecule has 1 saturated heterocycles. The van der Waals surface area contributed by atoms with E-state index in [9.17, 15) is 9.59 Å². The maximum absolute atomic E-state index is 12.2. The minimum absolute atomic E-state index is 0.0684. The van der Waals surface area contributed by atoms with E-state index in [1.165, 1.54) is 7.11 Å². The molecule has 0 bridgehead atoms. The van der Waals surface area contributed by atoms with Crippen molar-refractivity contribution >= 4 is 12.1 Å². The molecule has 22 heavy (non-hydrogen) atoms. The van der Waals surface area contributed by atoms with Gasteiger partial charge in [0, 0.05) is 19.0 Å².